The fourth-order valence-corrected chi connectivity index (χ4v) is 2.02. The van der Waals surface area contributed by atoms with Crippen LogP contribution in [-0.2, 0) is 0 Å². The molecule has 0 aromatic heterocycles. The van der Waals surface area contributed by atoms with Crippen LogP contribution in [0.15, 0.2) is 18.2 Å². The van der Waals surface area contributed by atoms with Crippen LogP contribution in [0.5, 0.6) is 11.5 Å². The highest BCUT2D eigenvalue weighted by Crippen LogP contribution is 2.29. The smallest absolute Gasteiger partial charge is 0.123 e. The number of aliphatic hydroxyl groups excluding tert-OH is 1. The molecular formula is C15H25NO3. The lowest BCUT2D eigenvalue weighted by Crippen LogP contribution is -2.20. The van der Waals surface area contributed by atoms with E-state index < -0.39 is 0 Å². The van der Waals surface area contributed by atoms with E-state index in [2.05, 4.69) is 12.2 Å². The standard InChI is InChI=1S/C15H25NO3/c1-12(16-9-5-4-6-10-17)14-11-13(18-2)7-8-15(14)19-3/h7-8,11-12,16-17H,4-6,9-10H2,1-3H3. The number of ether oxygens (including phenoxy) is 2. The first-order chi connectivity index (χ1) is 9.22. The summed E-state index contributed by atoms with van der Waals surface area (Å²) in [4.78, 5) is 0. The molecule has 0 heterocycles. The number of nitrogens with one attached hydrogen (secondary N) is 1. The molecule has 0 radical (unpaired) electrons. The third kappa shape index (κ3) is 5.09. The van der Waals surface area contributed by atoms with E-state index in [0.717, 1.165) is 42.9 Å². The summed E-state index contributed by atoms with van der Waals surface area (Å²) in [5.74, 6) is 1.71. The van der Waals surface area contributed by atoms with Crippen molar-refractivity contribution in [3.05, 3.63) is 23.8 Å². The summed E-state index contributed by atoms with van der Waals surface area (Å²) >= 11 is 0. The molecule has 0 aliphatic rings. The lowest BCUT2D eigenvalue weighted by Gasteiger charge is -2.18. The molecule has 1 aromatic rings. The van der Waals surface area contributed by atoms with Gasteiger partial charge in [-0.15, -0.1) is 0 Å². The van der Waals surface area contributed by atoms with Gasteiger partial charge in [0.05, 0.1) is 14.2 Å². The van der Waals surface area contributed by atoms with Gasteiger partial charge in [-0.3, -0.25) is 0 Å². The van der Waals surface area contributed by atoms with E-state index in [1.54, 1.807) is 14.2 Å². The van der Waals surface area contributed by atoms with Gasteiger partial charge < -0.3 is 19.9 Å². The molecule has 1 atom stereocenters. The zero-order chi connectivity index (χ0) is 14.1. The molecule has 1 rings (SSSR count). The number of unbranched alkanes of at least 4 members (excludes halogenated alkanes) is 2. The average Bonchev–Trinajstić information content (AvgIpc) is 2.46. The lowest BCUT2D eigenvalue weighted by molar-refractivity contribution is 0.282. The Hall–Kier alpha value is -1.26. The minimum absolute atomic E-state index is 0.208. The summed E-state index contributed by atoms with van der Waals surface area (Å²) < 4.78 is 10.6. The van der Waals surface area contributed by atoms with Gasteiger partial charge in [0, 0.05) is 18.2 Å². The monoisotopic (exact) mass is 267 g/mol. The van der Waals surface area contributed by atoms with Gasteiger partial charge in [0.2, 0.25) is 0 Å². The van der Waals surface area contributed by atoms with Crippen LogP contribution in [0, 0.1) is 0 Å². The first kappa shape index (κ1) is 15.8. The fraction of sp³-hybridized carbons (Fsp3) is 0.600. The van der Waals surface area contributed by atoms with Crippen molar-refractivity contribution in [3.8, 4) is 11.5 Å². The Morgan fingerprint density at radius 1 is 1.16 bits per heavy atom. The van der Waals surface area contributed by atoms with Crippen molar-refractivity contribution in [2.24, 2.45) is 0 Å². The molecular weight excluding hydrogens is 242 g/mol. The molecule has 0 spiro atoms. The third-order valence-corrected chi connectivity index (χ3v) is 3.19. The van der Waals surface area contributed by atoms with E-state index >= 15 is 0 Å². The van der Waals surface area contributed by atoms with Crippen molar-refractivity contribution < 1.29 is 14.6 Å². The second-order valence-electron chi connectivity index (χ2n) is 4.57. The molecule has 0 saturated heterocycles. The van der Waals surface area contributed by atoms with E-state index in [-0.39, 0.29) is 12.6 Å². The molecule has 0 amide bonds. The number of rotatable bonds is 9. The highest BCUT2D eigenvalue weighted by Gasteiger charge is 2.11. The number of hydrogen-bond donors (Lipinski definition) is 2. The Bertz CT molecular complexity index is 368. The summed E-state index contributed by atoms with van der Waals surface area (Å²) in [5, 5.41) is 12.2. The highest BCUT2D eigenvalue weighted by atomic mass is 16.5. The summed E-state index contributed by atoms with van der Waals surface area (Å²) in [7, 11) is 3.35. The zero-order valence-electron chi connectivity index (χ0n) is 12.1. The van der Waals surface area contributed by atoms with Crippen molar-refractivity contribution in [1.82, 2.24) is 5.32 Å². The minimum atomic E-state index is 0.208. The highest BCUT2D eigenvalue weighted by molar-refractivity contribution is 5.42. The van der Waals surface area contributed by atoms with Crippen LogP contribution in [0.25, 0.3) is 0 Å². The number of benzene rings is 1. The van der Waals surface area contributed by atoms with Crippen molar-refractivity contribution >= 4 is 0 Å². The van der Waals surface area contributed by atoms with Crippen LogP contribution < -0.4 is 14.8 Å². The van der Waals surface area contributed by atoms with Gasteiger partial charge in [-0.1, -0.05) is 0 Å². The van der Waals surface area contributed by atoms with Gasteiger partial charge in [-0.05, 0) is 50.9 Å². The van der Waals surface area contributed by atoms with Crippen LogP contribution in [0.2, 0.25) is 0 Å². The molecule has 0 aliphatic carbocycles. The number of methoxy groups -OCH3 is 2. The molecule has 0 aliphatic heterocycles. The summed E-state index contributed by atoms with van der Waals surface area (Å²) in [6, 6.07) is 6.04. The van der Waals surface area contributed by atoms with Crippen LogP contribution in [-0.4, -0.2) is 32.5 Å². The predicted octanol–water partition coefficient (Wildman–Crippen LogP) is 2.52. The van der Waals surface area contributed by atoms with E-state index in [4.69, 9.17) is 14.6 Å². The minimum Gasteiger partial charge on any atom is -0.497 e. The molecule has 1 unspecified atom stereocenters. The van der Waals surface area contributed by atoms with Gasteiger partial charge in [0.25, 0.3) is 0 Å². The van der Waals surface area contributed by atoms with Crippen molar-refractivity contribution in [2.75, 3.05) is 27.4 Å². The normalized spacial score (nSPS) is 12.2. The largest absolute Gasteiger partial charge is 0.497 e. The molecule has 0 fully saturated rings. The van der Waals surface area contributed by atoms with Gasteiger partial charge in [-0.2, -0.15) is 0 Å². The Kier molecular flexibility index (Phi) is 7.30. The van der Waals surface area contributed by atoms with E-state index in [1.807, 2.05) is 18.2 Å². The quantitative estimate of drug-likeness (QED) is 0.675. The SMILES string of the molecule is COc1ccc(OC)c(C(C)NCCCCCO)c1. The first-order valence-corrected chi connectivity index (χ1v) is 6.79. The maximum atomic E-state index is 8.73. The molecule has 4 heteroatoms. The average molecular weight is 267 g/mol. The molecule has 108 valence electrons. The van der Waals surface area contributed by atoms with Crippen LogP contribution in [0.1, 0.15) is 37.8 Å². The van der Waals surface area contributed by atoms with Gasteiger partial charge in [0.15, 0.2) is 0 Å². The molecule has 0 saturated carbocycles. The fourth-order valence-electron chi connectivity index (χ4n) is 2.02. The molecule has 0 bridgehead atoms. The second-order valence-corrected chi connectivity index (χ2v) is 4.57. The van der Waals surface area contributed by atoms with Gasteiger partial charge in [0.1, 0.15) is 11.5 Å². The molecule has 4 nitrogen and oxygen atoms in total. The zero-order valence-corrected chi connectivity index (χ0v) is 12.1. The van der Waals surface area contributed by atoms with E-state index in [9.17, 15) is 0 Å². The second kappa shape index (κ2) is 8.77. The van der Waals surface area contributed by atoms with Gasteiger partial charge >= 0.3 is 0 Å². The summed E-state index contributed by atoms with van der Waals surface area (Å²) in [5.41, 5.74) is 1.10. The Labute approximate surface area is 115 Å². The van der Waals surface area contributed by atoms with Crippen LogP contribution in [0.4, 0.5) is 0 Å². The third-order valence-electron chi connectivity index (χ3n) is 3.19. The van der Waals surface area contributed by atoms with Crippen molar-refractivity contribution in [2.45, 2.75) is 32.2 Å². The Balaban J connectivity index is 2.56. The van der Waals surface area contributed by atoms with E-state index in [1.165, 1.54) is 0 Å². The number of aliphatic hydroxyl groups is 1. The summed E-state index contributed by atoms with van der Waals surface area (Å²) in [6.07, 6.45) is 2.99. The predicted molar refractivity (Wildman–Crippen MR) is 76.9 cm³/mol. The molecule has 19 heavy (non-hydrogen) atoms. The maximum Gasteiger partial charge on any atom is 0.123 e. The Morgan fingerprint density at radius 3 is 2.58 bits per heavy atom. The van der Waals surface area contributed by atoms with Gasteiger partial charge in [-0.25, -0.2) is 0 Å². The molecule has 1 aromatic carbocycles. The lowest BCUT2D eigenvalue weighted by atomic mass is 10.1. The van der Waals surface area contributed by atoms with Crippen LogP contribution >= 0.6 is 0 Å². The van der Waals surface area contributed by atoms with Crippen molar-refractivity contribution in [3.63, 3.8) is 0 Å². The first-order valence-electron chi connectivity index (χ1n) is 6.79. The van der Waals surface area contributed by atoms with Crippen molar-refractivity contribution in [1.29, 1.82) is 0 Å². The maximum absolute atomic E-state index is 8.73. The Morgan fingerprint density at radius 2 is 1.95 bits per heavy atom. The topological polar surface area (TPSA) is 50.7 Å². The number of hydrogen-bond acceptors (Lipinski definition) is 4. The van der Waals surface area contributed by atoms with E-state index in [0.29, 0.717) is 0 Å². The van der Waals surface area contributed by atoms with Crippen LogP contribution in [0.3, 0.4) is 0 Å². The molecule has 2 N–H and O–H groups in total. The summed E-state index contributed by atoms with van der Waals surface area (Å²) in [6.45, 7) is 3.32.